The third-order valence-electron chi connectivity index (χ3n) is 3.96. The largest absolute Gasteiger partial charge is 0.444 e. The number of nitrogens with zero attached hydrogens (tertiary/aromatic N) is 4. The van der Waals surface area contributed by atoms with Crippen LogP contribution in [-0.2, 0) is 9.53 Å². The average molecular weight is 401 g/mol. The quantitative estimate of drug-likeness (QED) is 0.355. The van der Waals surface area contributed by atoms with E-state index in [0.717, 1.165) is 0 Å². The van der Waals surface area contributed by atoms with Gasteiger partial charge in [0.15, 0.2) is 0 Å². The predicted molar refractivity (Wildman–Crippen MR) is 105 cm³/mol. The highest BCUT2D eigenvalue weighted by molar-refractivity contribution is 6.06. The van der Waals surface area contributed by atoms with E-state index in [1.165, 1.54) is 30.5 Å². The van der Waals surface area contributed by atoms with Crippen molar-refractivity contribution in [3.8, 4) is 6.07 Å². The number of nitro benzene ring substituents is 1. The zero-order valence-electron chi connectivity index (χ0n) is 16.5. The van der Waals surface area contributed by atoms with Gasteiger partial charge in [0.1, 0.15) is 17.2 Å². The fraction of sp³-hybridized carbons (Fsp3) is 0.421. The Morgan fingerprint density at radius 2 is 1.93 bits per heavy atom. The molecule has 2 rings (SSSR count). The Labute approximate surface area is 168 Å². The Bertz CT molecular complexity index is 860. The number of carbonyl (C=O) groups is 2. The average Bonchev–Trinajstić information content (AvgIpc) is 2.65. The molecule has 2 amide bonds. The summed E-state index contributed by atoms with van der Waals surface area (Å²) in [5, 5.41) is 22.6. The van der Waals surface area contributed by atoms with Gasteiger partial charge >= 0.3 is 6.09 Å². The first kappa shape index (κ1) is 21.7. The van der Waals surface area contributed by atoms with E-state index < -0.39 is 22.5 Å². The zero-order chi connectivity index (χ0) is 21.6. The minimum absolute atomic E-state index is 0.137. The zero-order valence-corrected chi connectivity index (χ0v) is 16.5. The maximum absolute atomic E-state index is 12.3. The molecule has 10 nitrogen and oxygen atoms in total. The van der Waals surface area contributed by atoms with Crippen molar-refractivity contribution in [2.75, 3.05) is 31.5 Å². The number of anilines is 1. The second kappa shape index (κ2) is 9.05. The fourth-order valence-corrected chi connectivity index (χ4v) is 2.58. The smallest absolute Gasteiger partial charge is 0.410 e. The van der Waals surface area contributed by atoms with Crippen LogP contribution >= 0.6 is 0 Å². The summed E-state index contributed by atoms with van der Waals surface area (Å²) in [7, 11) is 0. The van der Waals surface area contributed by atoms with Crippen molar-refractivity contribution in [2.24, 2.45) is 0 Å². The molecule has 1 heterocycles. The molecular weight excluding hydrogens is 378 g/mol. The highest BCUT2D eigenvalue weighted by atomic mass is 16.6. The van der Waals surface area contributed by atoms with E-state index in [0.29, 0.717) is 26.2 Å². The van der Waals surface area contributed by atoms with Gasteiger partial charge in [-0.05, 0) is 26.8 Å². The molecule has 29 heavy (non-hydrogen) atoms. The van der Waals surface area contributed by atoms with Crippen molar-refractivity contribution in [1.29, 1.82) is 5.26 Å². The van der Waals surface area contributed by atoms with Crippen molar-refractivity contribution in [2.45, 2.75) is 26.4 Å². The lowest BCUT2D eigenvalue weighted by Crippen LogP contribution is -2.48. The van der Waals surface area contributed by atoms with Crippen LogP contribution in [0.2, 0.25) is 0 Å². The number of amides is 2. The Balaban J connectivity index is 1.97. The number of hydrogen-bond donors (Lipinski definition) is 1. The van der Waals surface area contributed by atoms with Crippen LogP contribution in [0.1, 0.15) is 20.8 Å². The molecule has 10 heteroatoms. The summed E-state index contributed by atoms with van der Waals surface area (Å²) >= 11 is 0. The third-order valence-corrected chi connectivity index (χ3v) is 3.96. The number of benzene rings is 1. The number of non-ortho nitro benzene ring substituents is 1. The first-order valence-corrected chi connectivity index (χ1v) is 8.99. The van der Waals surface area contributed by atoms with Crippen molar-refractivity contribution < 1.29 is 19.2 Å². The highest BCUT2D eigenvalue weighted by Crippen LogP contribution is 2.18. The van der Waals surface area contributed by atoms with E-state index in [1.54, 1.807) is 30.6 Å². The topological polar surface area (TPSA) is 129 Å². The number of piperazine rings is 1. The molecule has 1 saturated heterocycles. The summed E-state index contributed by atoms with van der Waals surface area (Å²) < 4.78 is 5.33. The van der Waals surface area contributed by atoms with Gasteiger partial charge in [-0.3, -0.25) is 14.9 Å². The van der Waals surface area contributed by atoms with Crippen LogP contribution in [0.15, 0.2) is 36.0 Å². The number of nitriles is 1. The van der Waals surface area contributed by atoms with Gasteiger partial charge in [-0.2, -0.15) is 5.26 Å². The van der Waals surface area contributed by atoms with Crippen LogP contribution in [0.3, 0.4) is 0 Å². The van der Waals surface area contributed by atoms with Gasteiger partial charge in [0.05, 0.1) is 4.92 Å². The van der Waals surface area contributed by atoms with Gasteiger partial charge in [-0.15, -0.1) is 0 Å². The molecule has 0 bridgehead atoms. The third kappa shape index (κ3) is 6.49. The molecule has 1 aromatic carbocycles. The van der Waals surface area contributed by atoms with E-state index in [2.05, 4.69) is 5.32 Å². The van der Waals surface area contributed by atoms with E-state index in [1.807, 2.05) is 6.07 Å². The molecular formula is C19H23N5O5. The number of ether oxygens (including phenoxy) is 1. The van der Waals surface area contributed by atoms with E-state index in [4.69, 9.17) is 4.74 Å². The van der Waals surface area contributed by atoms with Crippen molar-refractivity contribution in [3.63, 3.8) is 0 Å². The molecule has 1 N–H and O–H groups in total. The molecule has 0 atom stereocenters. The number of nitrogens with one attached hydrogen (secondary N) is 1. The Morgan fingerprint density at radius 1 is 1.28 bits per heavy atom. The molecule has 154 valence electrons. The summed E-state index contributed by atoms with van der Waals surface area (Å²) in [5.74, 6) is -0.664. The van der Waals surface area contributed by atoms with Crippen LogP contribution in [0.5, 0.6) is 0 Å². The highest BCUT2D eigenvalue weighted by Gasteiger charge is 2.25. The second-order valence-corrected chi connectivity index (χ2v) is 7.42. The minimum atomic E-state index is -0.664. The summed E-state index contributed by atoms with van der Waals surface area (Å²) in [5.41, 5.74) is -0.655. The normalized spacial score (nSPS) is 14.8. The van der Waals surface area contributed by atoms with Crippen molar-refractivity contribution in [3.05, 3.63) is 46.2 Å². The Kier molecular flexibility index (Phi) is 6.77. The number of carbonyl (C=O) groups excluding carboxylic acids is 2. The maximum Gasteiger partial charge on any atom is 0.410 e. The van der Waals surface area contributed by atoms with Crippen LogP contribution in [-0.4, -0.2) is 58.5 Å². The first-order chi connectivity index (χ1) is 13.6. The van der Waals surface area contributed by atoms with Crippen molar-refractivity contribution >= 4 is 23.4 Å². The van der Waals surface area contributed by atoms with Crippen LogP contribution in [0.25, 0.3) is 0 Å². The SMILES string of the molecule is CC(C)(C)OC(=O)N1CCN(/C=C(/C#N)C(=O)Nc2cccc([N+](=O)[O-])c2)CC1. The van der Waals surface area contributed by atoms with Gasteiger partial charge in [0.2, 0.25) is 0 Å². The first-order valence-electron chi connectivity index (χ1n) is 8.99. The molecule has 0 aliphatic carbocycles. The lowest BCUT2D eigenvalue weighted by molar-refractivity contribution is -0.384. The standard InChI is InChI=1S/C19H23N5O5/c1-19(2,3)29-18(26)23-9-7-22(8-10-23)13-14(12-20)17(25)21-15-5-4-6-16(11-15)24(27)28/h4-6,11,13H,7-10H2,1-3H3,(H,21,25)/b14-13-. The van der Waals surface area contributed by atoms with Gasteiger partial charge in [-0.1, -0.05) is 6.07 Å². The fourth-order valence-electron chi connectivity index (χ4n) is 2.58. The summed E-state index contributed by atoms with van der Waals surface area (Å²) in [6.07, 6.45) is 1.03. The summed E-state index contributed by atoms with van der Waals surface area (Å²) in [6.45, 7) is 7.06. The van der Waals surface area contributed by atoms with E-state index in [9.17, 15) is 25.0 Å². The Morgan fingerprint density at radius 3 is 2.48 bits per heavy atom. The molecule has 0 radical (unpaired) electrons. The molecule has 1 aliphatic rings. The van der Waals surface area contributed by atoms with Gasteiger partial charge < -0.3 is 19.9 Å². The number of rotatable bonds is 4. The number of hydrogen-bond acceptors (Lipinski definition) is 7. The molecule has 0 unspecified atom stereocenters. The summed E-state index contributed by atoms with van der Waals surface area (Å²) in [6, 6.07) is 7.30. The maximum atomic E-state index is 12.3. The summed E-state index contributed by atoms with van der Waals surface area (Å²) in [4.78, 5) is 38.0. The molecule has 1 aromatic rings. The molecule has 1 aliphatic heterocycles. The van der Waals surface area contributed by atoms with Gasteiger partial charge in [0, 0.05) is 50.2 Å². The lowest BCUT2D eigenvalue weighted by Gasteiger charge is -2.35. The molecule has 1 fully saturated rings. The second-order valence-electron chi connectivity index (χ2n) is 7.42. The predicted octanol–water partition coefficient (Wildman–Crippen LogP) is 2.49. The van der Waals surface area contributed by atoms with E-state index in [-0.39, 0.29) is 16.9 Å². The van der Waals surface area contributed by atoms with Crippen LogP contribution < -0.4 is 5.32 Å². The lowest BCUT2D eigenvalue weighted by atomic mass is 10.2. The van der Waals surface area contributed by atoms with E-state index >= 15 is 0 Å². The van der Waals surface area contributed by atoms with Crippen molar-refractivity contribution in [1.82, 2.24) is 9.80 Å². The van der Waals surface area contributed by atoms with Crippen LogP contribution in [0.4, 0.5) is 16.2 Å². The molecule has 0 spiro atoms. The Hall–Kier alpha value is -3.61. The minimum Gasteiger partial charge on any atom is -0.444 e. The molecule has 0 saturated carbocycles. The monoisotopic (exact) mass is 401 g/mol. The van der Waals surface area contributed by atoms with Gasteiger partial charge in [0.25, 0.3) is 11.6 Å². The molecule has 0 aromatic heterocycles. The van der Waals surface area contributed by atoms with Gasteiger partial charge in [-0.25, -0.2) is 4.79 Å². The number of nitro groups is 1. The van der Waals surface area contributed by atoms with Crippen LogP contribution in [0, 0.1) is 21.4 Å².